The molecule has 1 saturated carbocycles. The molecule has 1 aromatic carbocycles. The maximum absolute atomic E-state index is 5.94. The van der Waals surface area contributed by atoms with Crippen LogP contribution in [0.15, 0.2) is 28.7 Å². The van der Waals surface area contributed by atoms with Gasteiger partial charge in [-0.05, 0) is 49.1 Å². The Kier molecular flexibility index (Phi) is 5.08. The molecule has 0 bridgehead atoms. The van der Waals surface area contributed by atoms with Gasteiger partial charge in [-0.2, -0.15) is 0 Å². The van der Waals surface area contributed by atoms with Gasteiger partial charge in [0.1, 0.15) is 0 Å². The molecule has 19 heavy (non-hydrogen) atoms. The van der Waals surface area contributed by atoms with Gasteiger partial charge in [-0.1, -0.05) is 48.0 Å². The minimum absolute atomic E-state index is 0.0509. The quantitative estimate of drug-likeness (QED) is 0.737. The lowest BCUT2D eigenvalue weighted by Crippen LogP contribution is -2.39. The molecule has 1 aromatic rings. The predicted molar refractivity (Wildman–Crippen MR) is 84.4 cm³/mol. The van der Waals surface area contributed by atoms with E-state index in [1.165, 1.54) is 35.7 Å². The first-order valence-corrected chi connectivity index (χ1v) is 8.14. The molecule has 1 nitrogen and oxygen atoms in total. The monoisotopic (exact) mass is 324 g/mol. The second-order valence-corrected chi connectivity index (χ2v) is 7.09. The Morgan fingerprint density at radius 3 is 2.42 bits per heavy atom. The number of hydrogen-bond acceptors (Lipinski definition) is 1. The molecule has 0 N–H and O–H groups in total. The van der Waals surface area contributed by atoms with Gasteiger partial charge in [-0.15, -0.1) is 0 Å². The van der Waals surface area contributed by atoms with Gasteiger partial charge in [0.15, 0.2) is 0 Å². The lowest BCUT2D eigenvalue weighted by molar-refractivity contribution is -0.0526. The number of rotatable bonds is 4. The van der Waals surface area contributed by atoms with Crippen molar-refractivity contribution in [3.63, 3.8) is 0 Å². The minimum Gasteiger partial charge on any atom is -0.378 e. The number of ether oxygens (including phenoxy) is 1. The van der Waals surface area contributed by atoms with Crippen molar-refractivity contribution in [2.24, 2.45) is 11.8 Å². The van der Waals surface area contributed by atoms with Crippen molar-refractivity contribution in [1.82, 2.24) is 0 Å². The second kappa shape index (κ2) is 6.41. The van der Waals surface area contributed by atoms with E-state index < -0.39 is 0 Å². The minimum atomic E-state index is 0.0509. The molecule has 0 spiro atoms. The van der Waals surface area contributed by atoms with Crippen molar-refractivity contribution in [2.45, 2.75) is 51.6 Å². The van der Waals surface area contributed by atoms with Gasteiger partial charge >= 0.3 is 0 Å². The molecule has 2 rings (SSSR count). The molecule has 1 fully saturated rings. The van der Waals surface area contributed by atoms with Crippen LogP contribution in [0.1, 0.15) is 45.1 Å². The van der Waals surface area contributed by atoms with E-state index in [1.54, 1.807) is 0 Å². The average molecular weight is 325 g/mol. The van der Waals surface area contributed by atoms with E-state index in [-0.39, 0.29) is 5.60 Å². The molecule has 1 aliphatic carbocycles. The second-order valence-electron chi connectivity index (χ2n) is 6.24. The van der Waals surface area contributed by atoms with Gasteiger partial charge in [0, 0.05) is 18.0 Å². The Morgan fingerprint density at radius 2 is 1.89 bits per heavy atom. The van der Waals surface area contributed by atoms with Crippen LogP contribution < -0.4 is 0 Å². The summed E-state index contributed by atoms with van der Waals surface area (Å²) in [4.78, 5) is 0. The van der Waals surface area contributed by atoms with Gasteiger partial charge < -0.3 is 4.74 Å². The Balaban J connectivity index is 2.07. The van der Waals surface area contributed by atoms with Crippen LogP contribution in [0.3, 0.4) is 0 Å². The molecule has 0 amide bonds. The Morgan fingerprint density at radius 1 is 1.26 bits per heavy atom. The highest BCUT2D eigenvalue weighted by Crippen LogP contribution is 2.40. The Labute approximate surface area is 125 Å². The Hall–Kier alpha value is -0.340. The first-order valence-electron chi connectivity index (χ1n) is 7.35. The van der Waals surface area contributed by atoms with Gasteiger partial charge in [0.2, 0.25) is 0 Å². The number of benzene rings is 1. The smallest absolute Gasteiger partial charge is 0.0719 e. The fourth-order valence-electron chi connectivity index (χ4n) is 3.27. The molecule has 0 unspecified atom stereocenters. The van der Waals surface area contributed by atoms with E-state index in [0.29, 0.717) is 0 Å². The first-order chi connectivity index (χ1) is 9.06. The largest absolute Gasteiger partial charge is 0.378 e. The maximum atomic E-state index is 5.94. The topological polar surface area (TPSA) is 9.23 Å². The third-order valence-corrected chi connectivity index (χ3v) is 5.56. The summed E-state index contributed by atoms with van der Waals surface area (Å²) in [5.41, 5.74) is 1.42. The zero-order valence-corrected chi connectivity index (χ0v) is 13.9. The lowest BCUT2D eigenvalue weighted by Gasteiger charge is -2.40. The van der Waals surface area contributed by atoms with E-state index >= 15 is 0 Å². The molecule has 2 heteroatoms. The van der Waals surface area contributed by atoms with Crippen molar-refractivity contribution in [3.8, 4) is 0 Å². The molecular weight excluding hydrogens is 300 g/mol. The standard InChI is InChI=1S/C17H25BrO/c1-13(2)14-8-10-17(19-3,11-9-14)12-15-6-4-5-7-16(15)18/h4-7,13-14H,8-12H2,1-3H3. The van der Waals surface area contributed by atoms with E-state index in [1.807, 2.05) is 7.11 Å². The Bertz CT molecular complexity index is 405. The fraction of sp³-hybridized carbons (Fsp3) is 0.647. The summed E-state index contributed by atoms with van der Waals surface area (Å²) in [5, 5.41) is 0. The van der Waals surface area contributed by atoms with Gasteiger partial charge in [0.05, 0.1) is 5.60 Å². The highest BCUT2D eigenvalue weighted by molar-refractivity contribution is 9.10. The third kappa shape index (κ3) is 3.61. The van der Waals surface area contributed by atoms with Crippen molar-refractivity contribution in [3.05, 3.63) is 34.3 Å². The molecule has 0 atom stereocenters. The van der Waals surface area contributed by atoms with E-state index in [2.05, 4.69) is 54.0 Å². The molecule has 1 aliphatic rings. The highest BCUT2D eigenvalue weighted by atomic mass is 79.9. The van der Waals surface area contributed by atoms with Crippen LogP contribution in [0, 0.1) is 11.8 Å². The van der Waals surface area contributed by atoms with Gasteiger partial charge in [0.25, 0.3) is 0 Å². The van der Waals surface area contributed by atoms with Crippen LogP contribution in [-0.2, 0) is 11.2 Å². The van der Waals surface area contributed by atoms with E-state index in [0.717, 1.165) is 18.3 Å². The summed E-state index contributed by atoms with van der Waals surface area (Å²) in [5.74, 6) is 1.68. The number of halogens is 1. The summed E-state index contributed by atoms with van der Waals surface area (Å²) in [6.45, 7) is 4.69. The van der Waals surface area contributed by atoms with Crippen LogP contribution in [0.4, 0.5) is 0 Å². The van der Waals surface area contributed by atoms with Crippen molar-refractivity contribution < 1.29 is 4.74 Å². The van der Waals surface area contributed by atoms with Gasteiger partial charge in [-0.3, -0.25) is 0 Å². The molecule has 0 aliphatic heterocycles. The normalized spacial score (nSPS) is 27.7. The fourth-order valence-corrected chi connectivity index (χ4v) is 3.70. The summed E-state index contributed by atoms with van der Waals surface area (Å²) < 4.78 is 7.15. The summed E-state index contributed by atoms with van der Waals surface area (Å²) >= 11 is 3.66. The SMILES string of the molecule is COC1(Cc2ccccc2Br)CCC(C(C)C)CC1. The molecule has 0 saturated heterocycles. The predicted octanol–water partition coefficient (Wildman–Crippen LogP) is 5.22. The van der Waals surface area contributed by atoms with Crippen LogP contribution in [0.2, 0.25) is 0 Å². The zero-order valence-electron chi connectivity index (χ0n) is 12.3. The lowest BCUT2D eigenvalue weighted by atomic mass is 9.72. The molecule has 106 valence electrons. The number of methoxy groups -OCH3 is 1. The van der Waals surface area contributed by atoms with E-state index in [9.17, 15) is 0 Å². The molecular formula is C17H25BrO. The maximum Gasteiger partial charge on any atom is 0.0719 e. The van der Waals surface area contributed by atoms with Crippen LogP contribution in [0.25, 0.3) is 0 Å². The van der Waals surface area contributed by atoms with Crippen LogP contribution in [-0.4, -0.2) is 12.7 Å². The first kappa shape index (κ1) is 15.1. The molecule has 0 heterocycles. The highest BCUT2D eigenvalue weighted by Gasteiger charge is 2.36. The van der Waals surface area contributed by atoms with Crippen LogP contribution in [0.5, 0.6) is 0 Å². The van der Waals surface area contributed by atoms with E-state index in [4.69, 9.17) is 4.74 Å². The molecule has 0 aromatic heterocycles. The number of hydrogen-bond donors (Lipinski definition) is 0. The van der Waals surface area contributed by atoms with Gasteiger partial charge in [-0.25, -0.2) is 0 Å². The molecule has 0 radical (unpaired) electrons. The summed E-state index contributed by atoms with van der Waals surface area (Å²) in [6.07, 6.45) is 6.00. The summed E-state index contributed by atoms with van der Waals surface area (Å²) in [6, 6.07) is 8.52. The third-order valence-electron chi connectivity index (χ3n) is 4.79. The van der Waals surface area contributed by atoms with Crippen molar-refractivity contribution in [1.29, 1.82) is 0 Å². The van der Waals surface area contributed by atoms with Crippen LogP contribution >= 0.6 is 15.9 Å². The van der Waals surface area contributed by atoms with Crippen molar-refractivity contribution >= 4 is 15.9 Å². The zero-order chi connectivity index (χ0) is 13.9. The van der Waals surface area contributed by atoms with Crippen molar-refractivity contribution in [2.75, 3.05) is 7.11 Å². The summed E-state index contributed by atoms with van der Waals surface area (Å²) in [7, 11) is 1.88. The average Bonchev–Trinajstić information content (AvgIpc) is 2.42.